The Hall–Kier alpha value is -4.79. The van der Waals surface area contributed by atoms with Gasteiger partial charge in [0.25, 0.3) is 0 Å². The summed E-state index contributed by atoms with van der Waals surface area (Å²) in [4.78, 5) is 30.1. The summed E-state index contributed by atoms with van der Waals surface area (Å²) in [5.41, 5.74) is 4.49. The highest BCUT2D eigenvalue weighted by Crippen LogP contribution is 2.31. The van der Waals surface area contributed by atoms with E-state index in [2.05, 4.69) is 25.6 Å². The van der Waals surface area contributed by atoms with Crippen LogP contribution in [0.5, 0.6) is 0 Å². The van der Waals surface area contributed by atoms with Gasteiger partial charge < -0.3 is 10.6 Å². The predicted molar refractivity (Wildman–Crippen MR) is 133 cm³/mol. The Kier molecular flexibility index (Phi) is 6.53. The van der Waals surface area contributed by atoms with Crippen molar-refractivity contribution in [3.8, 4) is 22.5 Å². The van der Waals surface area contributed by atoms with Gasteiger partial charge in [0, 0.05) is 30.1 Å². The van der Waals surface area contributed by atoms with Crippen molar-refractivity contribution in [1.82, 2.24) is 25.3 Å². The van der Waals surface area contributed by atoms with Crippen LogP contribution in [0, 0.1) is 11.6 Å². The van der Waals surface area contributed by atoms with Crippen molar-refractivity contribution in [2.75, 3.05) is 11.9 Å². The average Bonchev–Trinajstić information content (AvgIpc) is 2.89. The second-order valence-corrected chi connectivity index (χ2v) is 7.99. The van der Waals surface area contributed by atoms with Crippen LogP contribution in [-0.4, -0.2) is 32.5 Å². The Bertz CT molecular complexity index is 1510. The highest BCUT2D eigenvalue weighted by molar-refractivity contribution is 5.92. The summed E-state index contributed by atoms with van der Waals surface area (Å²) in [6.07, 6.45) is 5.59. The minimum Gasteiger partial charge on any atom is -0.338 e. The molecular weight excluding hydrogens is 462 g/mol. The van der Waals surface area contributed by atoms with Gasteiger partial charge in [0.2, 0.25) is 0 Å². The van der Waals surface area contributed by atoms with E-state index >= 15 is 0 Å². The van der Waals surface area contributed by atoms with Crippen molar-refractivity contribution in [3.05, 3.63) is 103 Å². The van der Waals surface area contributed by atoms with Crippen molar-refractivity contribution in [1.29, 1.82) is 0 Å². The number of nitrogens with zero attached hydrogens (tertiary/aromatic N) is 4. The fraction of sp³-hybridized carbons (Fsp3) is 0.0741. The number of fused-ring (bicyclic) bond motifs is 1. The summed E-state index contributed by atoms with van der Waals surface area (Å²) in [5, 5.41) is 5.55. The van der Waals surface area contributed by atoms with Gasteiger partial charge >= 0.3 is 6.03 Å². The van der Waals surface area contributed by atoms with Gasteiger partial charge in [-0.2, -0.15) is 0 Å². The number of pyridine rings is 2. The van der Waals surface area contributed by atoms with Crippen LogP contribution in [0.2, 0.25) is 0 Å². The Morgan fingerprint density at radius 1 is 0.833 bits per heavy atom. The molecule has 0 saturated carbocycles. The number of halogens is 2. The van der Waals surface area contributed by atoms with Crippen LogP contribution < -0.4 is 10.6 Å². The minimum absolute atomic E-state index is 0.350. The summed E-state index contributed by atoms with van der Waals surface area (Å²) in [6.45, 7) is 0.439. The number of carbonyl (C=O) groups is 1. The number of amides is 2. The van der Waals surface area contributed by atoms with Crippen LogP contribution in [0.25, 0.3) is 33.7 Å². The van der Waals surface area contributed by atoms with E-state index in [4.69, 9.17) is 4.98 Å². The van der Waals surface area contributed by atoms with E-state index in [0.29, 0.717) is 52.3 Å². The van der Waals surface area contributed by atoms with Gasteiger partial charge in [0.05, 0.1) is 23.3 Å². The maximum Gasteiger partial charge on any atom is 0.319 e. The number of urea groups is 1. The third-order valence-corrected chi connectivity index (χ3v) is 5.44. The maximum atomic E-state index is 13.5. The predicted octanol–water partition coefficient (Wildman–Crippen LogP) is 5.40. The molecule has 0 spiro atoms. The van der Waals surface area contributed by atoms with Crippen LogP contribution >= 0.6 is 0 Å². The molecule has 0 aliphatic rings. The first kappa shape index (κ1) is 23.0. The molecular formula is C27H20F2N6O. The summed E-state index contributed by atoms with van der Waals surface area (Å²) in [5.74, 6) is -0.748. The summed E-state index contributed by atoms with van der Waals surface area (Å²) < 4.78 is 27.0. The lowest BCUT2D eigenvalue weighted by Gasteiger charge is -2.12. The first-order valence-electron chi connectivity index (χ1n) is 11.2. The summed E-state index contributed by atoms with van der Waals surface area (Å²) in [7, 11) is 0. The molecule has 0 unspecified atom stereocenters. The lowest BCUT2D eigenvalue weighted by Crippen LogP contribution is -2.30. The van der Waals surface area contributed by atoms with Crippen LogP contribution in [-0.2, 0) is 6.42 Å². The zero-order chi connectivity index (χ0) is 24.9. The number of carbonyl (C=O) groups excluding carboxylic acids is 1. The lowest BCUT2D eigenvalue weighted by molar-refractivity contribution is 0.252. The monoisotopic (exact) mass is 482 g/mol. The molecule has 0 atom stereocenters. The Balaban J connectivity index is 1.42. The molecule has 9 heteroatoms. The molecule has 178 valence electrons. The molecule has 5 rings (SSSR count). The van der Waals surface area contributed by atoms with Crippen molar-refractivity contribution in [2.24, 2.45) is 0 Å². The molecule has 5 aromatic rings. The van der Waals surface area contributed by atoms with E-state index in [9.17, 15) is 13.6 Å². The smallest absolute Gasteiger partial charge is 0.319 e. The molecule has 2 aromatic carbocycles. The number of rotatable bonds is 6. The molecule has 0 aliphatic carbocycles. The van der Waals surface area contributed by atoms with Crippen molar-refractivity contribution in [3.63, 3.8) is 0 Å². The van der Waals surface area contributed by atoms with Gasteiger partial charge in [-0.05, 0) is 72.6 Å². The quantitative estimate of drug-likeness (QED) is 0.338. The highest BCUT2D eigenvalue weighted by atomic mass is 19.1. The van der Waals surface area contributed by atoms with Crippen LogP contribution in [0.15, 0.2) is 85.3 Å². The second-order valence-electron chi connectivity index (χ2n) is 7.99. The molecule has 2 N–H and O–H groups in total. The zero-order valence-electron chi connectivity index (χ0n) is 19.0. The Labute approximate surface area is 205 Å². The van der Waals surface area contributed by atoms with Crippen molar-refractivity contribution < 1.29 is 13.6 Å². The third kappa shape index (κ3) is 5.30. The molecule has 0 bridgehead atoms. The largest absolute Gasteiger partial charge is 0.338 e. The lowest BCUT2D eigenvalue weighted by atomic mass is 10.0. The fourth-order valence-corrected chi connectivity index (χ4v) is 3.67. The standard InChI is InChI=1S/C27H20F2N6O/c28-20-7-3-18(4-8-20)24-25(19-5-9-21(29)10-6-19)35-26-23(34-24)14-22(16-32-26)33-27(36)31-13-11-17-2-1-12-30-15-17/h1-10,12,14-16H,11,13H2,(H2,31,33,36). The first-order valence-corrected chi connectivity index (χ1v) is 11.2. The van der Waals surface area contributed by atoms with Crippen LogP contribution in [0.3, 0.4) is 0 Å². The fourth-order valence-electron chi connectivity index (χ4n) is 3.67. The van der Waals surface area contributed by atoms with E-state index in [1.807, 2.05) is 12.1 Å². The third-order valence-electron chi connectivity index (χ3n) is 5.44. The molecule has 3 heterocycles. The molecule has 0 radical (unpaired) electrons. The molecule has 0 aliphatic heterocycles. The number of aromatic nitrogens is 4. The number of anilines is 1. The van der Waals surface area contributed by atoms with Gasteiger partial charge in [-0.1, -0.05) is 6.07 Å². The molecule has 0 saturated heterocycles. The van der Waals surface area contributed by atoms with Crippen LogP contribution in [0.4, 0.5) is 19.3 Å². The zero-order valence-corrected chi connectivity index (χ0v) is 19.0. The molecule has 3 aromatic heterocycles. The van der Waals surface area contributed by atoms with Gasteiger partial charge in [-0.15, -0.1) is 0 Å². The average molecular weight is 482 g/mol. The highest BCUT2D eigenvalue weighted by Gasteiger charge is 2.15. The maximum absolute atomic E-state index is 13.5. The number of benzene rings is 2. The normalized spacial score (nSPS) is 10.8. The summed E-state index contributed by atoms with van der Waals surface area (Å²) in [6, 6.07) is 16.8. The molecule has 7 nitrogen and oxygen atoms in total. The van der Waals surface area contributed by atoms with Crippen LogP contribution in [0.1, 0.15) is 5.56 Å². The van der Waals surface area contributed by atoms with E-state index < -0.39 is 0 Å². The SMILES string of the molecule is O=C(NCCc1cccnc1)Nc1cnc2nc(-c3ccc(F)cc3)c(-c3ccc(F)cc3)nc2c1. The van der Waals surface area contributed by atoms with Gasteiger partial charge in [-0.3, -0.25) is 4.98 Å². The van der Waals surface area contributed by atoms with Gasteiger partial charge in [-0.25, -0.2) is 28.5 Å². The van der Waals surface area contributed by atoms with Gasteiger partial charge in [0.1, 0.15) is 17.2 Å². The number of hydrogen-bond acceptors (Lipinski definition) is 5. The number of nitrogens with one attached hydrogen (secondary N) is 2. The second kappa shape index (κ2) is 10.2. The Morgan fingerprint density at radius 2 is 1.50 bits per heavy atom. The van der Waals surface area contributed by atoms with E-state index in [1.54, 1.807) is 42.7 Å². The van der Waals surface area contributed by atoms with Crippen molar-refractivity contribution >= 4 is 22.9 Å². The molecule has 36 heavy (non-hydrogen) atoms. The summed E-state index contributed by atoms with van der Waals surface area (Å²) >= 11 is 0. The first-order chi connectivity index (χ1) is 17.5. The van der Waals surface area contributed by atoms with Gasteiger partial charge in [0.15, 0.2) is 5.65 Å². The molecule has 2 amide bonds. The topological polar surface area (TPSA) is 92.7 Å². The minimum atomic E-state index is -0.380. The van der Waals surface area contributed by atoms with E-state index in [-0.39, 0.29) is 17.7 Å². The molecule has 0 fully saturated rings. The van der Waals surface area contributed by atoms with E-state index in [1.165, 1.54) is 30.5 Å². The number of hydrogen-bond donors (Lipinski definition) is 2. The van der Waals surface area contributed by atoms with Crippen molar-refractivity contribution in [2.45, 2.75) is 6.42 Å². The Morgan fingerprint density at radius 3 is 2.14 bits per heavy atom. The van der Waals surface area contributed by atoms with E-state index in [0.717, 1.165) is 5.56 Å².